The fourth-order valence-electron chi connectivity index (χ4n) is 2.41. The fraction of sp³-hybridized carbons (Fsp3) is 0.625. The summed E-state index contributed by atoms with van der Waals surface area (Å²) in [5, 5.41) is 3.51. The molecule has 0 spiro atoms. The Bertz CT molecular complexity index is 419. The van der Waals surface area contributed by atoms with Gasteiger partial charge in [-0.25, -0.2) is 4.39 Å². The molecule has 2 atom stereocenters. The van der Waals surface area contributed by atoms with E-state index in [-0.39, 0.29) is 11.9 Å². The van der Waals surface area contributed by atoms with Gasteiger partial charge in [-0.1, -0.05) is 13.0 Å². The molecule has 0 aliphatic carbocycles. The molecule has 2 rings (SSSR count). The zero-order valence-electron chi connectivity index (χ0n) is 12.3. The highest BCUT2D eigenvalue weighted by Gasteiger charge is 2.25. The number of hydrogen-bond acceptors (Lipinski definition) is 3. The van der Waals surface area contributed by atoms with E-state index in [0.29, 0.717) is 23.8 Å². The Morgan fingerprint density at radius 3 is 3.00 bits per heavy atom. The molecule has 0 radical (unpaired) electrons. The second-order valence-corrected chi connectivity index (χ2v) is 5.41. The maximum Gasteiger partial charge on any atom is 0.129 e. The molecule has 3 nitrogen and oxygen atoms in total. The van der Waals surface area contributed by atoms with Crippen LogP contribution in [0.25, 0.3) is 0 Å². The summed E-state index contributed by atoms with van der Waals surface area (Å²) in [5.74, 6) is 0.858. The van der Waals surface area contributed by atoms with E-state index in [2.05, 4.69) is 12.2 Å². The summed E-state index contributed by atoms with van der Waals surface area (Å²) >= 11 is 0. The zero-order valence-corrected chi connectivity index (χ0v) is 12.3. The average Bonchev–Trinajstić information content (AvgIpc) is 2.97. The van der Waals surface area contributed by atoms with E-state index in [9.17, 15) is 4.39 Å². The van der Waals surface area contributed by atoms with E-state index >= 15 is 0 Å². The second kappa shape index (κ2) is 7.60. The van der Waals surface area contributed by atoms with Crippen LogP contribution >= 0.6 is 0 Å². The standard InChI is InChI=1S/C16H24FNO2/c1-3-7-18-16(13-6-8-19-10-13)11-20-14-5-4-12(2)15(17)9-14/h4-5,9,13,16,18H,3,6-8,10-11H2,1-2H3. The lowest BCUT2D eigenvalue weighted by Gasteiger charge is -2.24. The first kappa shape index (κ1) is 15.3. The average molecular weight is 281 g/mol. The van der Waals surface area contributed by atoms with Gasteiger partial charge in [0, 0.05) is 24.6 Å². The minimum Gasteiger partial charge on any atom is -0.492 e. The van der Waals surface area contributed by atoms with Crippen LogP contribution in [0.5, 0.6) is 5.75 Å². The summed E-state index contributed by atoms with van der Waals surface area (Å²) in [6, 6.07) is 5.29. The molecule has 112 valence electrons. The Hall–Kier alpha value is -1.13. The van der Waals surface area contributed by atoms with Gasteiger partial charge < -0.3 is 14.8 Å². The number of benzene rings is 1. The van der Waals surface area contributed by atoms with Crippen LogP contribution in [0.3, 0.4) is 0 Å². The molecule has 2 unspecified atom stereocenters. The first-order chi connectivity index (χ1) is 9.70. The summed E-state index contributed by atoms with van der Waals surface area (Å²) in [6.07, 6.45) is 2.15. The van der Waals surface area contributed by atoms with Crippen molar-refractivity contribution in [1.29, 1.82) is 0 Å². The number of halogens is 1. The van der Waals surface area contributed by atoms with Crippen molar-refractivity contribution in [3.05, 3.63) is 29.6 Å². The van der Waals surface area contributed by atoms with Crippen molar-refractivity contribution in [1.82, 2.24) is 5.32 Å². The highest BCUT2D eigenvalue weighted by Crippen LogP contribution is 2.20. The first-order valence-corrected chi connectivity index (χ1v) is 7.40. The predicted molar refractivity (Wildman–Crippen MR) is 77.6 cm³/mol. The van der Waals surface area contributed by atoms with Crippen LogP contribution < -0.4 is 10.1 Å². The Morgan fingerprint density at radius 2 is 2.35 bits per heavy atom. The molecule has 1 aromatic rings. The molecule has 1 aliphatic heterocycles. The lowest BCUT2D eigenvalue weighted by atomic mass is 9.99. The molecular weight excluding hydrogens is 257 g/mol. The molecule has 0 bridgehead atoms. The van der Waals surface area contributed by atoms with Crippen molar-refractivity contribution >= 4 is 0 Å². The Kier molecular flexibility index (Phi) is 5.80. The molecule has 4 heteroatoms. The Labute approximate surface area is 120 Å². The van der Waals surface area contributed by atoms with Crippen molar-refractivity contribution in [2.75, 3.05) is 26.4 Å². The van der Waals surface area contributed by atoms with Gasteiger partial charge >= 0.3 is 0 Å². The third kappa shape index (κ3) is 4.18. The van der Waals surface area contributed by atoms with Gasteiger partial charge in [0.1, 0.15) is 18.2 Å². The second-order valence-electron chi connectivity index (χ2n) is 5.41. The van der Waals surface area contributed by atoms with E-state index in [1.54, 1.807) is 13.0 Å². The van der Waals surface area contributed by atoms with Crippen molar-refractivity contribution < 1.29 is 13.9 Å². The molecule has 0 saturated carbocycles. The molecule has 1 aliphatic rings. The Morgan fingerprint density at radius 1 is 1.50 bits per heavy atom. The normalized spacial score (nSPS) is 20.1. The van der Waals surface area contributed by atoms with Gasteiger partial charge in [-0.3, -0.25) is 0 Å². The topological polar surface area (TPSA) is 30.5 Å². The molecule has 1 aromatic carbocycles. The summed E-state index contributed by atoms with van der Waals surface area (Å²) in [5.41, 5.74) is 0.641. The van der Waals surface area contributed by atoms with Gasteiger partial charge in [-0.05, 0) is 37.9 Å². The van der Waals surface area contributed by atoms with Gasteiger partial charge in [0.15, 0.2) is 0 Å². The molecule has 0 amide bonds. The third-order valence-corrected chi connectivity index (χ3v) is 3.76. The summed E-state index contributed by atoms with van der Waals surface area (Å²) in [7, 11) is 0. The molecule has 1 heterocycles. The monoisotopic (exact) mass is 281 g/mol. The smallest absolute Gasteiger partial charge is 0.129 e. The number of hydrogen-bond donors (Lipinski definition) is 1. The molecule has 1 saturated heterocycles. The number of aryl methyl sites for hydroxylation is 1. The van der Waals surface area contributed by atoms with Crippen LogP contribution in [-0.4, -0.2) is 32.4 Å². The van der Waals surface area contributed by atoms with E-state index < -0.39 is 0 Å². The van der Waals surface area contributed by atoms with Gasteiger partial charge in [0.25, 0.3) is 0 Å². The molecular formula is C16H24FNO2. The van der Waals surface area contributed by atoms with Crippen LogP contribution in [0.4, 0.5) is 4.39 Å². The highest BCUT2D eigenvalue weighted by molar-refractivity contribution is 5.28. The van der Waals surface area contributed by atoms with Crippen molar-refractivity contribution in [3.63, 3.8) is 0 Å². The van der Waals surface area contributed by atoms with E-state index in [1.165, 1.54) is 6.07 Å². The fourth-order valence-corrected chi connectivity index (χ4v) is 2.41. The van der Waals surface area contributed by atoms with E-state index in [1.807, 2.05) is 6.07 Å². The zero-order chi connectivity index (χ0) is 14.4. The van der Waals surface area contributed by atoms with Crippen LogP contribution in [0.2, 0.25) is 0 Å². The van der Waals surface area contributed by atoms with Gasteiger partial charge in [-0.15, -0.1) is 0 Å². The lowest BCUT2D eigenvalue weighted by molar-refractivity contribution is 0.160. The molecule has 20 heavy (non-hydrogen) atoms. The van der Waals surface area contributed by atoms with Crippen LogP contribution in [0.15, 0.2) is 18.2 Å². The van der Waals surface area contributed by atoms with Crippen molar-refractivity contribution in [2.24, 2.45) is 5.92 Å². The van der Waals surface area contributed by atoms with Crippen LogP contribution in [0, 0.1) is 18.7 Å². The van der Waals surface area contributed by atoms with E-state index in [4.69, 9.17) is 9.47 Å². The van der Waals surface area contributed by atoms with Gasteiger partial charge in [0.05, 0.1) is 6.61 Å². The largest absolute Gasteiger partial charge is 0.492 e. The first-order valence-electron chi connectivity index (χ1n) is 7.40. The molecule has 1 fully saturated rings. The minimum absolute atomic E-state index is 0.218. The quantitative estimate of drug-likeness (QED) is 0.833. The maximum absolute atomic E-state index is 13.5. The minimum atomic E-state index is -0.218. The van der Waals surface area contributed by atoms with Crippen LogP contribution in [0.1, 0.15) is 25.3 Å². The Balaban J connectivity index is 1.91. The third-order valence-electron chi connectivity index (χ3n) is 3.76. The van der Waals surface area contributed by atoms with Crippen molar-refractivity contribution in [3.8, 4) is 5.75 Å². The number of ether oxygens (including phenoxy) is 2. The van der Waals surface area contributed by atoms with Crippen molar-refractivity contribution in [2.45, 2.75) is 32.7 Å². The molecule has 0 aromatic heterocycles. The van der Waals surface area contributed by atoms with Gasteiger partial charge in [-0.2, -0.15) is 0 Å². The van der Waals surface area contributed by atoms with E-state index in [0.717, 1.165) is 32.6 Å². The summed E-state index contributed by atoms with van der Waals surface area (Å²) < 4.78 is 24.7. The number of rotatable bonds is 7. The summed E-state index contributed by atoms with van der Waals surface area (Å²) in [4.78, 5) is 0. The number of nitrogens with one attached hydrogen (secondary N) is 1. The highest BCUT2D eigenvalue weighted by atomic mass is 19.1. The predicted octanol–water partition coefficient (Wildman–Crippen LogP) is 2.92. The summed E-state index contributed by atoms with van der Waals surface area (Å²) in [6.45, 7) is 7.02. The SMILES string of the molecule is CCCNC(COc1ccc(C)c(F)c1)C1CCOC1. The maximum atomic E-state index is 13.5. The van der Waals surface area contributed by atoms with Gasteiger partial charge in [0.2, 0.25) is 0 Å². The van der Waals surface area contributed by atoms with Crippen LogP contribution in [-0.2, 0) is 4.74 Å². The lowest BCUT2D eigenvalue weighted by Crippen LogP contribution is -2.41. The molecule has 1 N–H and O–H groups in total.